The highest BCUT2D eigenvalue weighted by molar-refractivity contribution is 5.84. The zero-order valence-corrected chi connectivity index (χ0v) is 8.97. The van der Waals surface area contributed by atoms with Crippen molar-refractivity contribution in [2.24, 2.45) is 5.11 Å². The fourth-order valence-corrected chi connectivity index (χ4v) is 1.16. The van der Waals surface area contributed by atoms with Crippen LogP contribution in [0, 0.1) is 0 Å². The topological polar surface area (TPSA) is 89.9 Å². The first-order valence-corrected chi connectivity index (χ1v) is 4.81. The Hall–Kier alpha value is -2.04. The largest absolute Gasteiger partial charge is 0.378 e. The van der Waals surface area contributed by atoms with Crippen LogP contribution in [-0.2, 0) is 4.79 Å². The number of carbonyl (C=O) groups excluding carboxylic acids is 1. The van der Waals surface area contributed by atoms with Crippen molar-refractivity contribution in [3.8, 4) is 0 Å². The molecule has 0 fully saturated rings. The van der Waals surface area contributed by atoms with Crippen molar-refractivity contribution in [3.05, 3.63) is 34.7 Å². The van der Waals surface area contributed by atoms with Gasteiger partial charge in [0, 0.05) is 16.3 Å². The summed E-state index contributed by atoms with van der Waals surface area (Å²) in [6, 6.07) is 6.89. The normalized spacial score (nSPS) is 9.31. The van der Waals surface area contributed by atoms with Crippen LogP contribution in [-0.4, -0.2) is 25.9 Å². The van der Waals surface area contributed by atoms with Gasteiger partial charge in [-0.1, -0.05) is 17.2 Å². The smallest absolute Gasteiger partial charge is 0.165 e. The SMILES string of the molecule is CNCC(=O)CNc1ccc(N=[N+]=[N-])cc1. The van der Waals surface area contributed by atoms with Crippen molar-refractivity contribution in [1.82, 2.24) is 5.32 Å². The standard InChI is InChI=1S/C10H13N5O/c1-12-6-10(16)7-13-8-2-4-9(5-3-8)14-15-11/h2-5,12-13H,6-7H2,1H3. The zero-order valence-electron chi connectivity index (χ0n) is 8.97. The molecule has 0 heterocycles. The van der Waals surface area contributed by atoms with Crippen LogP contribution in [0.5, 0.6) is 0 Å². The van der Waals surface area contributed by atoms with Crippen molar-refractivity contribution in [2.75, 3.05) is 25.5 Å². The van der Waals surface area contributed by atoms with Gasteiger partial charge in [0.05, 0.1) is 13.1 Å². The fourth-order valence-electron chi connectivity index (χ4n) is 1.16. The Morgan fingerprint density at radius 2 is 2.06 bits per heavy atom. The molecule has 0 radical (unpaired) electrons. The lowest BCUT2D eigenvalue weighted by atomic mass is 10.3. The van der Waals surface area contributed by atoms with Crippen LogP contribution in [0.2, 0.25) is 0 Å². The number of rotatable bonds is 6. The quantitative estimate of drug-likeness (QED) is 0.434. The minimum Gasteiger partial charge on any atom is -0.378 e. The van der Waals surface area contributed by atoms with Crippen molar-refractivity contribution in [3.63, 3.8) is 0 Å². The van der Waals surface area contributed by atoms with Crippen LogP contribution in [0.25, 0.3) is 10.4 Å². The van der Waals surface area contributed by atoms with E-state index < -0.39 is 0 Å². The molecule has 84 valence electrons. The summed E-state index contributed by atoms with van der Waals surface area (Å²) in [6.07, 6.45) is 0. The van der Waals surface area contributed by atoms with Crippen molar-refractivity contribution < 1.29 is 4.79 Å². The average Bonchev–Trinajstić information content (AvgIpc) is 2.29. The second-order valence-corrected chi connectivity index (χ2v) is 3.16. The second-order valence-electron chi connectivity index (χ2n) is 3.16. The fraction of sp³-hybridized carbons (Fsp3) is 0.300. The molecule has 0 aliphatic carbocycles. The first-order chi connectivity index (χ1) is 7.76. The number of nitrogens with one attached hydrogen (secondary N) is 2. The number of hydrogen-bond acceptors (Lipinski definition) is 4. The number of ketones is 1. The van der Waals surface area contributed by atoms with E-state index in [4.69, 9.17) is 5.53 Å². The lowest BCUT2D eigenvalue weighted by molar-refractivity contribution is -0.116. The number of benzene rings is 1. The molecule has 0 saturated carbocycles. The first kappa shape index (κ1) is 12.0. The summed E-state index contributed by atoms with van der Waals surface area (Å²) in [7, 11) is 1.73. The lowest BCUT2D eigenvalue weighted by Gasteiger charge is -2.05. The van der Waals surface area contributed by atoms with E-state index in [1.807, 2.05) is 0 Å². The molecule has 1 aromatic carbocycles. The maximum Gasteiger partial charge on any atom is 0.165 e. The number of nitrogens with zero attached hydrogens (tertiary/aromatic N) is 3. The van der Waals surface area contributed by atoms with Crippen molar-refractivity contribution in [2.45, 2.75) is 0 Å². The van der Waals surface area contributed by atoms with E-state index in [1.54, 1.807) is 31.3 Å². The Labute approximate surface area is 93.3 Å². The molecule has 0 aromatic heterocycles. The summed E-state index contributed by atoms with van der Waals surface area (Å²) in [5.74, 6) is 0.0848. The van der Waals surface area contributed by atoms with Gasteiger partial charge in [-0.25, -0.2) is 0 Å². The zero-order chi connectivity index (χ0) is 11.8. The molecular weight excluding hydrogens is 206 g/mol. The highest BCUT2D eigenvalue weighted by Gasteiger charge is 1.99. The maximum atomic E-state index is 11.2. The summed E-state index contributed by atoms with van der Waals surface area (Å²) in [6.45, 7) is 0.630. The molecule has 1 aromatic rings. The van der Waals surface area contributed by atoms with Gasteiger partial charge in [-0.2, -0.15) is 0 Å². The van der Waals surface area contributed by atoms with Crippen molar-refractivity contribution in [1.29, 1.82) is 0 Å². The van der Waals surface area contributed by atoms with Crippen LogP contribution in [0.15, 0.2) is 29.4 Å². The molecule has 6 nitrogen and oxygen atoms in total. The average molecular weight is 219 g/mol. The van der Waals surface area contributed by atoms with Crippen molar-refractivity contribution >= 4 is 17.2 Å². The highest BCUT2D eigenvalue weighted by Crippen LogP contribution is 2.15. The van der Waals surface area contributed by atoms with Gasteiger partial charge in [0.1, 0.15) is 0 Å². The third-order valence-electron chi connectivity index (χ3n) is 1.89. The summed E-state index contributed by atoms with van der Waals surface area (Å²) in [5, 5.41) is 9.21. The van der Waals surface area contributed by atoms with Crippen LogP contribution >= 0.6 is 0 Å². The number of Topliss-reactive ketones (excluding diaryl/α,β-unsaturated/α-hetero) is 1. The van der Waals surface area contributed by atoms with E-state index >= 15 is 0 Å². The lowest BCUT2D eigenvalue weighted by Crippen LogP contribution is -2.24. The summed E-state index contributed by atoms with van der Waals surface area (Å²) in [5.41, 5.74) is 9.59. The Morgan fingerprint density at radius 3 is 2.62 bits per heavy atom. The maximum absolute atomic E-state index is 11.2. The minimum absolute atomic E-state index is 0.0848. The Morgan fingerprint density at radius 1 is 1.38 bits per heavy atom. The molecule has 0 spiro atoms. The minimum atomic E-state index is 0.0848. The third-order valence-corrected chi connectivity index (χ3v) is 1.89. The summed E-state index contributed by atoms with van der Waals surface area (Å²) >= 11 is 0. The Bertz CT molecular complexity index is 394. The van der Waals surface area contributed by atoms with Gasteiger partial charge < -0.3 is 10.6 Å². The molecule has 0 atom stereocenters. The number of likely N-dealkylation sites (N-methyl/N-ethyl adjacent to an activating group) is 1. The number of azide groups is 1. The second kappa shape index (κ2) is 6.44. The molecule has 0 aliphatic rings. The van der Waals surface area contributed by atoms with E-state index in [0.717, 1.165) is 5.69 Å². The number of anilines is 1. The van der Waals surface area contributed by atoms with Crippen LogP contribution in [0.4, 0.5) is 11.4 Å². The Balaban J connectivity index is 2.49. The number of carbonyl (C=O) groups is 1. The van der Waals surface area contributed by atoms with E-state index in [2.05, 4.69) is 20.7 Å². The molecule has 0 unspecified atom stereocenters. The Kier molecular flexibility index (Phi) is 4.85. The van der Waals surface area contributed by atoms with E-state index in [-0.39, 0.29) is 12.3 Å². The molecule has 0 bridgehead atoms. The summed E-state index contributed by atoms with van der Waals surface area (Å²) < 4.78 is 0. The van der Waals surface area contributed by atoms with E-state index in [0.29, 0.717) is 12.2 Å². The highest BCUT2D eigenvalue weighted by atomic mass is 16.1. The van der Waals surface area contributed by atoms with Gasteiger partial charge in [-0.15, -0.1) is 0 Å². The van der Waals surface area contributed by atoms with Gasteiger partial charge in [0.15, 0.2) is 5.78 Å². The molecule has 16 heavy (non-hydrogen) atoms. The predicted molar refractivity (Wildman–Crippen MR) is 62.7 cm³/mol. The molecular formula is C10H13N5O. The molecule has 0 saturated heterocycles. The molecule has 1 rings (SSSR count). The van der Waals surface area contributed by atoms with Gasteiger partial charge in [-0.05, 0) is 24.7 Å². The van der Waals surface area contributed by atoms with Crippen LogP contribution in [0.3, 0.4) is 0 Å². The third kappa shape index (κ3) is 4.00. The number of hydrogen-bond donors (Lipinski definition) is 2. The molecule has 0 aliphatic heterocycles. The monoisotopic (exact) mass is 219 g/mol. The van der Waals surface area contributed by atoms with Crippen LogP contribution in [0.1, 0.15) is 0 Å². The van der Waals surface area contributed by atoms with Gasteiger partial charge >= 0.3 is 0 Å². The summed E-state index contributed by atoms with van der Waals surface area (Å²) in [4.78, 5) is 13.9. The molecule has 6 heteroatoms. The van der Waals surface area contributed by atoms with E-state index in [9.17, 15) is 4.79 Å². The van der Waals surface area contributed by atoms with Crippen LogP contribution < -0.4 is 10.6 Å². The first-order valence-electron chi connectivity index (χ1n) is 4.81. The van der Waals surface area contributed by atoms with E-state index in [1.165, 1.54) is 0 Å². The van der Waals surface area contributed by atoms with Gasteiger partial charge in [0.2, 0.25) is 0 Å². The van der Waals surface area contributed by atoms with Gasteiger partial charge in [-0.3, -0.25) is 4.79 Å². The predicted octanol–water partition coefficient (Wildman–Crippen LogP) is 1.83. The van der Waals surface area contributed by atoms with Gasteiger partial charge in [0.25, 0.3) is 0 Å². The molecule has 2 N–H and O–H groups in total. The molecule has 0 amide bonds.